The van der Waals surface area contributed by atoms with Crippen molar-refractivity contribution >= 4 is 0 Å². The molecule has 0 fully saturated rings. The standard InChI is InChI=1S/C16H29N/c1-11(2)13(5)15(12(3)4)14(6)17(10)16(7,8)9/h11H,5-6H2,1-4,7-10H3. The molecule has 0 heterocycles. The maximum Gasteiger partial charge on any atom is 0.0370 e. The number of hydrogen-bond acceptors (Lipinski definition) is 1. The monoisotopic (exact) mass is 235 g/mol. The van der Waals surface area contributed by atoms with Crippen molar-refractivity contribution < 1.29 is 0 Å². The lowest BCUT2D eigenvalue weighted by Crippen LogP contribution is -2.37. The average molecular weight is 235 g/mol. The first-order chi connectivity index (χ1) is 7.50. The van der Waals surface area contributed by atoms with Gasteiger partial charge < -0.3 is 4.90 Å². The molecule has 0 aliphatic carbocycles. The summed E-state index contributed by atoms with van der Waals surface area (Å²) in [7, 11) is 2.10. The highest BCUT2D eigenvalue weighted by molar-refractivity contribution is 5.47. The molecule has 98 valence electrons. The SMILES string of the molecule is C=C(C(C(=C)N(C)C(C)(C)C)=C(C)C)C(C)C. The molecule has 0 amide bonds. The van der Waals surface area contributed by atoms with Crippen molar-refractivity contribution in [1.82, 2.24) is 4.90 Å². The molecule has 0 N–H and O–H groups in total. The van der Waals surface area contributed by atoms with Gasteiger partial charge in [-0.05, 0) is 51.7 Å². The first-order valence-corrected chi connectivity index (χ1v) is 6.29. The van der Waals surface area contributed by atoms with Crippen LogP contribution in [0.25, 0.3) is 0 Å². The topological polar surface area (TPSA) is 3.24 Å². The van der Waals surface area contributed by atoms with Gasteiger partial charge in [-0.3, -0.25) is 0 Å². The fraction of sp³-hybridized carbons (Fsp3) is 0.625. The highest BCUT2D eigenvalue weighted by atomic mass is 15.2. The molecule has 0 aromatic carbocycles. The molecule has 0 aromatic rings. The van der Waals surface area contributed by atoms with Crippen molar-refractivity contribution in [2.45, 2.75) is 54.0 Å². The van der Waals surface area contributed by atoms with E-state index in [1.165, 1.54) is 16.7 Å². The van der Waals surface area contributed by atoms with Crippen LogP contribution in [0.4, 0.5) is 0 Å². The van der Waals surface area contributed by atoms with Gasteiger partial charge in [0, 0.05) is 18.3 Å². The Morgan fingerprint density at radius 1 is 1.06 bits per heavy atom. The summed E-state index contributed by atoms with van der Waals surface area (Å²) in [6.07, 6.45) is 0. The van der Waals surface area contributed by atoms with Crippen molar-refractivity contribution in [1.29, 1.82) is 0 Å². The largest absolute Gasteiger partial charge is 0.370 e. The number of likely N-dealkylation sites (N-methyl/N-ethyl adjacent to an activating group) is 1. The Bertz CT molecular complexity index is 333. The van der Waals surface area contributed by atoms with Crippen LogP contribution in [-0.4, -0.2) is 17.5 Å². The smallest absolute Gasteiger partial charge is 0.0370 e. The van der Waals surface area contributed by atoms with Gasteiger partial charge in [0.15, 0.2) is 0 Å². The van der Waals surface area contributed by atoms with E-state index in [1.807, 2.05) is 0 Å². The van der Waals surface area contributed by atoms with Crippen LogP contribution in [-0.2, 0) is 0 Å². The van der Waals surface area contributed by atoms with Crippen LogP contribution in [0.15, 0.2) is 35.6 Å². The number of nitrogens with zero attached hydrogens (tertiary/aromatic N) is 1. The summed E-state index contributed by atoms with van der Waals surface area (Å²) in [5.41, 5.74) is 4.82. The van der Waals surface area contributed by atoms with E-state index in [1.54, 1.807) is 0 Å². The molecule has 0 aliphatic rings. The summed E-state index contributed by atoms with van der Waals surface area (Å²) < 4.78 is 0. The van der Waals surface area contributed by atoms with Crippen molar-refractivity contribution in [2.75, 3.05) is 7.05 Å². The number of rotatable bonds is 4. The van der Waals surface area contributed by atoms with Crippen LogP contribution >= 0.6 is 0 Å². The fourth-order valence-corrected chi connectivity index (χ4v) is 1.66. The fourth-order valence-electron chi connectivity index (χ4n) is 1.66. The molecule has 0 rings (SSSR count). The van der Waals surface area contributed by atoms with Gasteiger partial charge in [0.25, 0.3) is 0 Å². The zero-order valence-corrected chi connectivity index (χ0v) is 12.9. The molecule has 1 heteroatoms. The van der Waals surface area contributed by atoms with Gasteiger partial charge in [0.05, 0.1) is 0 Å². The second-order valence-electron chi connectivity index (χ2n) is 6.23. The zero-order valence-electron chi connectivity index (χ0n) is 12.9. The Kier molecular flexibility index (Phi) is 5.25. The lowest BCUT2D eigenvalue weighted by molar-refractivity contribution is 0.233. The molecule has 0 aromatic heterocycles. The first kappa shape index (κ1) is 16.0. The van der Waals surface area contributed by atoms with Gasteiger partial charge in [-0.1, -0.05) is 32.6 Å². The van der Waals surface area contributed by atoms with Crippen molar-refractivity contribution in [2.24, 2.45) is 5.92 Å². The molecule has 0 radical (unpaired) electrons. The second kappa shape index (κ2) is 5.57. The van der Waals surface area contributed by atoms with Gasteiger partial charge in [-0.15, -0.1) is 0 Å². The van der Waals surface area contributed by atoms with Crippen LogP contribution < -0.4 is 0 Å². The summed E-state index contributed by atoms with van der Waals surface area (Å²) in [4.78, 5) is 2.23. The first-order valence-electron chi connectivity index (χ1n) is 6.29. The molecule has 0 saturated heterocycles. The van der Waals surface area contributed by atoms with Gasteiger partial charge in [0.1, 0.15) is 0 Å². The Hall–Kier alpha value is -0.980. The van der Waals surface area contributed by atoms with E-state index >= 15 is 0 Å². The summed E-state index contributed by atoms with van der Waals surface area (Å²) in [6.45, 7) is 23.7. The van der Waals surface area contributed by atoms with Crippen LogP contribution in [0.2, 0.25) is 0 Å². The molecule has 0 aliphatic heterocycles. The second-order valence-corrected chi connectivity index (χ2v) is 6.23. The molecule has 17 heavy (non-hydrogen) atoms. The molecule has 0 atom stereocenters. The number of allylic oxidation sites excluding steroid dienone is 2. The number of hydrogen-bond donors (Lipinski definition) is 0. The molecule has 0 bridgehead atoms. The van der Waals surface area contributed by atoms with E-state index < -0.39 is 0 Å². The van der Waals surface area contributed by atoms with Crippen molar-refractivity contribution in [3.05, 3.63) is 35.6 Å². The van der Waals surface area contributed by atoms with E-state index in [-0.39, 0.29) is 5.54 Å². The normalized spacial score (nSPS) is 11.4. The van der Waals surface area contributed by atoms with Crippen LogP contribution in [0, 0.1) is 5.92 Å². The van der Waals surface area contributed by atoms with E-state index in [9.17, 15) is 0 Å². The summed E-state index contributed by atoms with van der Waals surface area (Å²) in [5, 5.41) is 0. The molecule has 0 saturated carbocycles. The van der Waals surface area contributed by atoms with Crippen LogP contribution in [0.1, 0.15) is 48.5 Å². The van der Waals surface area contributed by atoms with Crippen LogP contribution in [0.5, 0.6) is 0 Å². The van der Waals surface area contributed by atoms with Gasteiger partial charge >= 0.3 is 0 Å². The van der Waals surface area contributed by atoms with Crippen molar-refractivity contribution in [3.8, 4) is 0 Å². The maximum absolute atomic E-state index is 4.25. The Labute approximate surface area is 108 Å². The third kappa shape index (κ3) is 4.07. The summed E-state index contributed by atoms with van der Waals surface area (Å²) >= 11 is 0. The minimum atomic E-state index is 0.0784. The Balaban J connectivity index is 5.36. The Morgan fingerprint density at radius 3 is 1.71 bits per heavy atom. The van der Waals surface area contributed by atoms with Crippen molar-refractivity contribution in [3.63, 3.8) is 0 Å². The zero-order chi connectivity index (χ0) is 14.0. The predicted octanol–water partition coefficient (Wildman–Crippen LogP) is 4.78. The summed E-state index contributed by atoms with van der Waals surface area (Å²) in [6, 6.07) is 0. The minimum absolute atomic E-state index is 0.0784. The lowest BCUT2D eigenvalue weighted by Gasteiger charge is -2.37. The summed E-state index contributed by atoms with van der Waals surface area (Å²) in [5.74, 6) is 0.449. The molecule has 0 spiro atoms. The maximum atomic E-state index is 4.25. The predicted molar refractivity (Wildman–Crippen MR) is 79.0 cm³/mol. The molecule has 0 unspecified atom stereocenters. The van der Waals surface area contributed by atoms with Crippen LogP contribution in [0.3, 0.4) is 0 Å². The highest BCUT2D eigenvalue weighted by Crippen LogP contribution is 2.31. The van der Waals surface area contributed by atoms with Gasteiger partial charge in [0.2, 0.25) is 0 Å². The average Bonchev–Trinajstić information content (AvgIpc) is 2.14. The minimum Gasteiger partial charge on any atom is -0.370 e. The van der Waals surface area contributed by atoms with E-state index in [2.05, 4.69) is 73.6 Å². The Morgan fingerprint density at radius 2 is 1.47 bits per heavy atom. The van der Waals surface area contributed by atoms with E-state index in [0.29, 0.717) is 5.92 Å². The van der Waals surface area contributed by atoms with Gasteiger partial charge in [-0.25, -0.2) is 0 Å². The molecular weight excluding hydrogens is 206 g/mol. The van der Waals surface area contributed by atoms with E-state index in [4.69, 9.17) is 0 Å². The lowest BCUT2D eigenvalue weighted by atomic mass is 9.90. The molecular formula is C16H29N. The highest BCUT2D eigenvalue weighted by Gasteiger charge is 2.22. The third-order valence-electron chi connectivity index (χ3n) is 3.22. The third-order valence-corrected chi connectivity index (χ3v) is 3.22. The van der Waals surface area contributed by atoms with E-state index in [0.717, 1.165) is 5.70 Å². The quantitative estimate of drug-likeness (QED) is 0.634. The molecule has 1 nitrogen and oxygen atoms in total. The van der Waals surface area contributed by atoms with Gasteiger partial charge in [-0.2, -0.15) is 0 Å².